The summed E-state index contributed by atoms with van der Waals surface area (Å²) in [6.07, 6.45) is 2.95. The van der Waals surface area contributed by atoms with E-state index in [0.717, 1.165) is 11.9 Å². The predicted molar refractivity (Wildman–Crippen MR) is 61.8 cm³/mol. The first-order valence-electron chi connectivity index (χ1n) is 5.27. The molecule has 2 rings (SSSR count). The predicted octanol–water partition coefficient (Wildman–Crippen LogP) is 3.05. The van der Waals surface area contributed by atoms with E-state index in [0.29, 0.717) is 17.5 Å². The Morgan fingerprint density at radius 3 is 3.06 bits per heavy atom. The molecule has 0 spiro atoms. The van der Waals surface area contributed by atoms with Gasteiger partial charge in [-0.2, -0.15) is 0 Å². The highest BCUT2D eigenvalue weighted by atomic mass is 19.1. The molecule has 16 heavy (non-hydrogen) atoms. The van der Waals surface area contributed by atoms with Gasteiger partial charge in [0.25, 0.3) is 0 Å². The van der Waals surface area contributed by atoms with Crippen molar-refractivity contribution in [2.24, 2.45) is 0 Å². The molecule has 84 valence electrons. The molecule has 0 bridgehead atoms. The summed E-state index contributed by atoms with van der Waals surface area (Å²) in [5.41, 5.74) is 1.45. The van der Waals surface area contributed by atoms with Crippen molar-refractivity contribution in [2.45, 2.75) is 19.8 Å². The van der Waals surface area contributed by atoms with Gasteiger partial charge in [-0.25, -0.2) is 4.39 Å². The molecule has 1 heterocycles. The van der Waals surface area contributed by atoms with Crippen LogP contribution in [0.2, 0.25) is 0 Å². The highest BCUT2D eigenvalue weighted by Gasteiger charge is 2.07. The Hall–Kier alpha value is -1.84. The zero-order chi connectivity index (χ0) is 11.5. The third-order valence-corrected chi connectivity index (χ3v) is 2.39. The lowest BCUT2D eigenvalue weighted by molar-refractivity contribution is -0.116. The Kier molecular flexibility index (Phi) is 2.90. The summed E-state index contributed by atoms with van der Waals surface area (Å²) in [5.74, 6) is -0.356. The molecule has 1 amide bonds. The van der Waals surface area contributed by atoms with Gasteiger partial charge in [-0.15, -0.1) is 0 Å². The number of aromatic amines is 1. The molecule has 4 heteroatoms. The van der Waals surface area contributed by atoms with Crippen molar-refractivity contribution >= 4 is 22.5 Å². The lowest BCUT2D eigenvalue weighted by Gasteiger charge is -2.01. The maximum atomic E-state index is 13.1. The van der Waals surface area contributed by atoms with Crippen LogP contribution >= 0.6 is 0 Å². The van der Waals surface area contributed by atoms with Gasteiger partial charge in [0, 0.05) is 23.5 Å². The number of carbonyl (C=O) groups is 1. The molecule has 0 aliphatic rings. The van der Waals surface area contributed by atoms with E-state index in [1.54, 1.807) is 12.3 Å². The van der Waals surface area contributed by atoms with E-state index < -0.39 is 0 Å². The van der Waals surface area contributed by atoms with E-state index in [1.165, 1.54) is 12.1 Å². The van der Waals surface area contributed by atoms with Crippen molar-refractivity contribution < 1.29 is 9.18 Å². The van der Waals surface area contributed by atoms with E-state index in [2.05, 4.69) is 10.3 Å². The van der Waals surface area contributed by atoms with Crippen molar-refractivity contribution in [1.82, 2.24) is 4.98 Å². The van der Waals surface area contributed by atoms with Crippen LogP contribution in [0.3, 0.4) is 0 Å². The fourth-order valence-corrected chi connectivity index (χ4v) is 1.64. The van der Waals surface area contributed by atoms with Gasteiger partial charge in [0.15, 0.2) is 0 Å². The first-order valence-corrected chi connectivity index (χ1v) is 5.27. The minimum atomic E-state index is -0.307. The highest BCUT2D eigenvalue weighted by molar-refractivity contribution is 6.01. The number of amides is 1. The van der Waals surface area contributed by atoms with Crippen LogP contribution in [-0.4, -0.2) is 10.9 Å². The third kappa shape index (κ3) is 2.05. The van der Waals surface area contributed by atoms with Crippen LogP contribution in [0.1, 0.15) is 19.8 Å². The summed E-state index contributed by atoms with van der Waals surface area (Å²) in [6, 6.07) is 4.45. The minimum absolute atomic E-state index is 0.0485. The van der Waals surface area contributed by atoms with Gasteiger partial charge in [0.1, 0.15) is 5.82 Å². The van der Waals surface area contributed by atoms with Crippen molar-refractivity contribution in [2.75, 3.05) is 5.32 Å². The zero-order valence-corrected chi connectivity index (χ0v) is 9.01. The number of carbonyl (C=O) groups excluding carboxylic acids is 1. The number of fused-ring (bicyclic) bond motifs is 1. The second-order valence-electron chi connectivity index (χ2n) is 3.69. The van der Waals surface area contributed by atoms with Crippen molar-refractivity contribution in [1.29, 1.82) is 0 Å². The molecule has 1 aromatic carbocycles. The van der Waals surface area contributed by atoms with Crippen molar-refractivity contribution in [3.05, 3.63) is 30.2 Å². The number of hydrogen-bond donors (Lipinski definition) is 2. The van der Waals surface area contributed by atoms with E-state index in [4.69, 9.17) is 0 Å². The van der Waals surface area contributed by atoms with E-state index >= 15 is 0 Å². The first kappa shape index (κ1) is 10.7. The number of hydrogen-bond acceptors (Lipinski definition) is 1. The maximum absolute atomic E-state index is 13.1. The van der Waals surface area contributed by atoms with Gasteiger partial charge in [-0.05, 0) is 24.6 Å². The molecule has 0 radical (unpaired) electrons. The number of nitrogens with one attached hydrogen (secondary N) is 2. The van der Waals surface area contributed by atoms with E-state index in [-0.39, 0.29) is 11.7 Å². The Morgan fingerprint density at radius 2 is 2.31 bits per heavy atom. The standard InChI is InChI=1S/C12H13FN2O/c1-2-3-12(16)15-11-7-14-10-5-4-8(13)6-9(10)11/h4-7,14H,2-3H2,1H3,(H,15,16). The van der Waals surface area contributed by atoms with Crippen LogP contribution in [0.15, 0.2) is 24.4 Å². The molecule has 0 atom stereocenters. The fraction of sp³-hybridized carbons (Fsp3) is 0.250. The number of halogens is 1. The van der Waals surface area contributed by atoms with Gasteiger partial charge in [0.2, 0.25) is 5.91 Å². The average Bonchev–Trinajstić information content (AvgIpc) is 2.61. The topological polar surface area (TPSA) is 44.9 Å². The molecular formula is C12H13FN2O. The van der Waals surface area contributed by atoms with E-state index in [1.807, 2.05) is 6.92 Å². The maximum Gasteiger partial charge on any atom is 0.224 e. The SMILES string of the molecule is CCCC(=O)Nc1c[nH]c2ccc(F)cc12. The summed E-state index contributed by atoms with van der Waals surface area (Å²) >= 11 is 0. The molecule has 0 unspecified atom stereocenters. The molecule has 2 aromatic rings. The van der Waals surface area contributed by atoms with Gasteiger partial charge < -0.3 is 10.3 Å². The Labute approximate surface area is 92.7 Å². The van der Waals surface area contributed by atoms with Gasteiger partial charge in [0.05, 0.1) is 5.69 Å². The van der Waals surface area contributed by atoms with Gasteiger partial charge in [-0.3, -0.25) is 4.79 Å². The number of H-pyrrole nitrogens is 1. The van der Waals surface area contributed by atoms with Crippen LogP contribution in [0.5, 0.6) is 0 Å². The third-order valence-electron chi connectivity index (χ3n) is 2.39. The lowest BCUT2D eigenvalue weighted by atomic mass is 10.2. The molecule has 0 aliphatic heterocycles. The lowest BCUT2D eigenvalue weighted by Crippen LogP contribution is -2.09. The molecule has 3 nitrogen and oxygen atoms in total. The quantitative estimate of drug-likeness (QED) is 0.820. The molecule has 0 saturated carbocycles. The van der Waals surface area contributed by atoms with Crippen molar-refractivity contribution in [3.8, 4) is 0 Å². The number of rotatable bonds is 3. The Bertz CT molecular complexity index is 519. The second kappa shape index (κ2) is 4.35. The largest absolute Gasteiger partial charge is 0.359 e. The monoisotopic (exact) mass is 220 g/mol. The normalized spacial score (nSPS) is 10.6. The molecule has 0 aliphatic carbocycles. The summed E-state index contributed by atoms with van der Waals surface area (Å²) in [5, 5.41) is 3.45. The highest BCUT2D eigenvalue weighted by Crippen LogP contribution is 2.23. The summed E-state index contributed by atoms with van der Waals surface area (Å²) in [6.45, 7) is 1.94. The fourth-order valence-electron chi connectivity index (χ4n) is 1.64. The summed E-state index contributed by atoms with van der Waals surface area (Å²) < 4.78 is 13.1. The Balaban J connectivity index is 2.30. The molecular weight excluding hydrogens is 207 g/mol. The smallest absolute Gasteiger partial charge is 0.224 e. The second-order valence-corrected chi connectivity index (χ2v) is 3.69. The van der Waals surface area contributed by atoms with E-state index in [9.17, 15) is 9.18 Å². The molecule has 1 aromatic heterocycles. The first-order chi connectivity index (χ1) is 7.70. The summed E-state index contributed by atoms with van der Waals surface area (Å²) in [7, 11) is 0. The molecule has 2 N–H and O–H groups in total. The summed E-state index contributed by atoms with van der Waals surface area (Å²) in [4.78, 5) is 14.4. The minimum Gasteiger partial charge on any atom is -0.359 e. The van der Waals surface area contributed by atoms with Crippen LogP contribution in [0.25, 0.3) is 10.9 Å². The Morgan fingerprint density at radius 1 is 1.50 bits per heavy atom. The molecule has 0 saturated heterocycles. The molecule has 0 fully saturated rings. The number of benzene rings is 1. The van der Waals surface area contributed by atoms with Crippen molar-refractivity contribution in [3.63, 3.8) is 0 Å². The zero-order valence-electron chi connectivity index (χ0n) is 9.01. The number of anilines is 1. The van der Waals surface area contributed by atoms with Gasteiger partial charge in [-0.1, -0.05) is 6.92 Å². The van der Waals surface area contributed by atoms with Crippen LogP contribution < -0.4 is 5.32 Å². The van der Waals surface area contributed by atoms with Crippen LogP contribution in [0.4, 0.5) is 10.1 Å². The van der Waals surface area contributed by atoms with Crippen LogP contribution in [-0.2, 0) is 4.79 Å². The number of aromatic nitrogens is 1. The average molecular weight is 220 g/mol. The van der Waals surface area contributed by atoms with Gasteiger partial charge >= 0.3 is 0 Å². The van der Waals surface area contributed by atoms with Crippen LogP contribution in [0, 0.1) is 5.82 Å².